The van der Waals surface area contributed by atoms with Crippen LogP contribution in [0.25, 0.3) is 22.2 Å². The molecule has 3 aromatic rings. The van der Waals surface area contributed by atoms with Crippen molar-refractivity contribution in [3.63, 3.8) is 0 Å². The molecule has 0 atom stereocenters. The Kier molecular flexibility index (Phi) is 7.28. The number of urea groups is 1. The summed E-state index contributed by atoms with van der Waals surface area (Å²) in [5.41, 5.74) is 3.44. The van der Waals surface area contributed by atoms with Crippen molar-refractivity contribution in [2.75, 3.05) is 39.2 Å². The molecular formula is C23H31N7O2. The maximum absolute atomic E-state index is 12.3. The summed E-state index contributed by atoms with van der Waals surface area (Å²) in [5, 5.41) is 10.3. The zero-order valence-electron chi connectivity index (χ0n) is 18.8. The maximum Gasteiger partial charge on any atom is 0.320 e. The fraction of sp³-hybridized carbons (Fsp3) is 0.478. The van der Waals surface area contributed by atoms with Gasteiger partial charge in [0.2, 0.25) is 0 Å². The van der Waals surface area contributed by atoms with Crippen molar-refractivity contribution in [2.24, 2.45) is 0 Å². The highest BCUT2D eigenvalue weighted by Gasteiger charge is 2.17. The number of carbonyl (C=O) groups excluding carboxylic acids is 1. The number of methoxy groups -OCH3 is 1. The molecule has 0 spiro atoms. The second-order valence-corrected chi connectivity index (χ2v) is 8.33. The quantitative estimate of drug-likeness (QED) is 0.534. The predicted octanol–water partition coefficient (Wildman–Crippen LogP) is 3.14. The largest absolute Gasteiger partial charge is 0.383 e. The Morgan fingerprint density at radius 1 is 1.19 bits per heavy atom. The topological polar surface area (TPSA) is 97.2 Å². The molecule has 9 heteroatoms. The summed E-state index contributed by atoms with van der Waals surface area (Å²) in [4.78, 5) is 23.6. The summed E-state index contributed by atoms with van der Waals surface area (Å²) in [5.74, 6) is 0.515. The molecule has 0 radical (unpaired) electrons. The molecule has 0 unspecified atom stereocenters. The van der Waals surface area contributed by atoms with Crippen molar-refractivity contribution in [3.8, 4) is 11.1 Å². The molecular weight excluding hydrogens is 406 g/mol. The molecule has 2 N–H and O–H groups in total. The molecule has 3 heterocycles. The number of hydrogen-bond donors (Lipinski definition) is 2. The molecule has 1 saturated carbocycles. The van der Waals surface area contributed by atoms with Gasteiger partial charge in [-0.2, -0.15) is 5.10 Å². The van der Waals surface area contributed by atoms with Gasteiger partial charge in [-0.3, -0.25) is 15.0 Å². The van der Waals surface area contributed by atoms with E-state index in [4.69, 9.17) is 4.74 Å². The molecule has 1 fully saturated rings. The van der Waals surface area contributed by atoms with Gasteiger partial charge in [0.25, 0.3) is 0 Å². The Hall–Kier alpha value is -3.04. The zero-order valence-corrected chi connectivity index (χ0v) is 18.8. The number of nitrogens with one attached hydrogen (secondary N) is 2. The molecule has 1 aliphatic rings. The van der Waals surface area contributed by atoms with Crippen LogP contribution in [0.15, 0.2) is 36.8 Å². The molecule has 0 aromatic carbocycles. The first-order valence-corrected chi connectivity index (χ1v) is 11.2. The number of ether oxygens (including phenoxy) is 1. The molecule has 0 bridgehead atoms. The second kappa shape index (κ2) is 10.5. The molecule has 1 aliphatic carbocycles. The van der Waals surface area contributed by atoms with Crippen LogP contribution >= 0.6 is 0 Å². The fourth-order valence-electron chi connectivity index (χ4n) is 3.91. The number of nitrogens with zero attached hydrogens (tertiary/aromatic N) is 5. The minimum Gasteiger partial charge on any atom is -0.383 e. The highest BCUT2D eigenvalue weighted by atomic mass is 16.5. The number of hydrogen-bond acceptors (Lipinski definition) is 6. The van der Waals surface area contributed by atoms with Gasteiger partial charge in [-0.25, -0.2) is 9.78 Å². The Bertz CT molecular complexity index is 1050. The normalized spacial score (nSPS) is 14.3. The third kappa shape index (κ3) is 5.80. The SMILES string of the molecule is COCCN(C)CCn1cc(-c2cnc3ccc(NC(=O)NC4CCCC4)nc3c2)cn1. The van der Waals surface area contributed by atoms with Gasteiger partial charge in [0, 0.05) is 49.8 Å². The first-order valence-electron chi connectivity index (χ1n) is 11.2. The summed E-state index contributed by atoms with van der Waals surface area (Å²) in [6, 6.07) is 5.69. The fourth-order valence-corrected chi connectivity index (χ4v) is 3.91. The van der Waals surface area contributed by atoms with Crippen LogP contribution in [-0.4, -0.2) is 70.6 Å². The van der Waals surface area contributed by atoms with Crippen LogP contribution in [0.4, 0.5) is 10.6 Å². The molecule has 9 nitrogen and oxygen atoms in total. The van der Waals surface area contributed by atoms with Gasteiger partial charge in [-0.1, -0.05) is 12.8 Å². The van der Waals surface area contributed by atoms with Crippen LogP contribution < -0.4 is 10.6 Å². The highest BCUT2D eigenvalue weighted by molar-refractivity contribution is 5.90. The lowest BCUT2D eigenvalue weighted by Gasteiger charge is -2.15. The van der Waals surface area contributed by atoms with E-state index in [0.717, 1.165) is 61.2 Å². The number of amides is 2. The number of rotatable bonds is 9. The standard InChI is InChI=1S/C23H31N7O2/c1-29(11-12-32-2)9-10-30-16-18(15-25-30)17-13-21-20(24-14-17)7-8-22(27-21)28-23(31)26-19-5-3-4-6-19/h7-8,13-16,19H,3-6,9-12H2,1-2H3,(H2,26,27,28,31). The van der Waals surface area contributed by atoms with Gasteiger partial charge < -0.3 is 15.0 Å². The van der Waals surface area contributed by atoms with Crippen molar-refractivity contribution in [2.45, 2.75) is 38.3 Å². The first kappa shape index (κ1) is 22.2. The smallest absolute Gasteiger partial charge is 0.320 e. The molecule has 32 heavy (non-hydrogen) atoms. The van der Waals surface area contributed by atoms with E-state index in [1.807, 2.05) is 35.4 Å². The number of pyridine rings is 2. The molecule has 3 aromatic heterocycles. The first-order chi connectivity index (χ1) is 15.6. The van der Waals surface area contributed by atoms with E-state index in [0.29, 0.717) is 5.82 Å². The van der Waals surface area contributed by atoms with Gasteiger partial charge in [-0.05, 0) is 38.1 Å². The average Bonchev–Trinajstić information content (AvgIpc) is 3.48. The molecule has 0 saturated heterocycles. The van der Waals surface area contributed by atoms with Crippen LogP contribution in [0.1, 0.15) is 25.7 Å². The van der Waals surface area contributed by atoms with Crippen LogP contribution in [0.2, 0.25) is 0 Å². The third-order valence-electron chi connectivity index (χ3n) is 5.82. The Labute approximate surface area is 188 Å². The Morgan fingerprint density at radius 2 is 2.03 bits per heavy atom. The minimum absolute atomic E-state index is 0.204. The van der Waals surface area contributed by atoms with Gasteiger partial charge in [0.1, 0.15) is 5.82 Å². The van der Waals surface area contributed by atoms with E-state index in [1.54, 1.807) is 13.2 Å². The lowest BCUT2D eigenvalue weighted by molar-refractivity contribution is 0.159. The number of aromatic nitrogens is 4. The zero-order chi connectivity index (χ0) is 22.3. The summed E-state index contributed by atoms with van der Waals surface area (Å²) in [7, 11) is 3.78. The van der Waals surface area contributed by atoms with Gasteiger partial charge >= 0.3 is 6.03 Å². The molecule has 0 aliphatic heterocycles. The van der Waals surface area contributed by atoms with Gasteiger partial charge in [-0.15, -0.1) is 0 Å². The van der Waals surface area contributed by atoms with Crippen LogP contribution in [0.5, 0.6) is 0 Å². The molecule has 170 valence electrons. The molecule has 2 amide bonds. The number of anilines is 1. The Balaban J connectivity index is 1.41. The van der Waals surface area contributed by atoms with Crippen molar-refractivity contribution in [1.29, 1.82) is 0 Å². The number of carbonyl (C=O) groups is 1. The minimum atomic E-state index is -0.204. The average molecular weight is 438 g/mol. The number of fused-ring (bicyclic) bond motifs is 1. The second-order valence-electron chi connectivity index (χ2n) is 8.33. The van der Waals surface area contributed by atoms with E-state index in [-0.39, 0.29) is 12.1 Å². The van der Waals surface area contributed by atoms with Crippen LogP contribution in [0, 0.1) is 0 Å². The lowest BCUT2D eigenvalue weighted by atomic mass is 10.1. The maximum atomic E-state index is 12.3. The third-order valence-corrected chi connectivity index (χ3v) is 5.82. The molecule has 4 rings (SSSR count). The Morgan fingerprint density at radius 3 is 2.84 bits per heavy atom. The lowest BCUT2D eigenvalue weighted by Crippen LogP contribution is -2.36. The highest BCUT2D eigenvalue weighted by Crippen LogP contribution is 2.23. The van der Waals surface area contributed by atoms with Crippen molar-refractivity contribution in [1.82, 2.24) is 30.0 Å². The van der Waals surface area contributed by atoms with E-state index < -0.39 is 0 Å². The van der Waals surface area contributed by atoms with E-state index in [2.05, 4.69) is 37.6 Å². The van der Waals surface area contributed by atoms with Crippen molar-refractivity contribution in [3.05, 3.63) is 36.8 Å². The van der Waals surface area contributed by atoms with Gasteiger partial charge in [0.15, 0.2) is 0 Å². The van der Waals surface area contributed by atoms with Crippen LogP contribution in [-0.2, 0) is 11.3 Å². The monoisotopic (exact) mass is 437 g/mol. The summed E-state index contributed by atoms with van der Waals surface area (Å²) in [6.07, 6.45) is 10.1. The van der Waals surface area contributed by atoms with Crippen molar-refractivity contribution >= 4 is 22.9 Å². The summed E-state index contributed by atoms with van der Waals surface area (Å²) in [6.45, 7) is 3.29. The van der Waals surface area contributed by atoms with E-state index >= 15 is 0 Å². The predicted molar refractivity (Wildman–Crippen MR) is 125 cm³/mol. The summed E-state index contributed by atoms with van der Waals surface area (Å²) >= 11 is 0. The van der Waals surface area contributed by atoms with E-state index in [9.17, 15) is 4.79 Å². The summed E-state index contributed by atoms with van der Waals surface area (Å²) < 4.78 is 7.05. The van der Waals surface area contributed by atoms with Crippen LogP contribution in [0.3, 0.4) is 0 Å². The number of likely N-dealkylation sites (N-methyl/N-ethyl adjacent to an activating group) is 1. The van der Waals surface area contributed by atoms with Gasteiger partial charge in [0.05, 0.1) is 30.4 Å². The van der Waals surface area contributed by atoms with E-state index in [1.165, 1.54) is 12.8 Å². The van der Waals surface area contributed by atoms with Crippen molar-refractivity contribution < 1.29 is 9.53 Å².